The molecule has 0 amide bonds. The minimum absolute atomic E-state index is 0.340. The molecule has 0 aliphatic heterocycles. The summed E-state index contributed by atoms with van der Waals surface area (Å²) in [6.45, 7) is 5.66. The van der Waals surface area contributed by atoms with Crippen molar-refractivity contribution >= 4 is 0 Å². The molecular formula is C17H27NO. The Morgan fingerprint density at radius 3 is 2.42 bits per heavy atom. The van der Waals surface area contributed by atoms with Gasteiger partial charge in [0.2, 0.25) is 0 Å². The van der Waals surface area contributed by atoms with E-state index in [0.717, 1.165) is 18.4 Å². The molecule has 0 aromatic heterocycles. The second-order valence-electron chi connectivity index (χ2n) is 6.18. The molecule has 1 saturated carbocycles. The maximum atomic E-state index is 9.29. The second kappa shape index (κ2) is 6.95. The van der Waals surface area contributed by atoms with Crippen LogP contribution in [0.3, 0.4) is 0 Å². The lowest BCUT2D eigenvalue weighted by Gasteiger charge is -2.26. The van der Waals surface area contributed by atoms with Crippen molar-refractivity contribution < 1.29 is 5.11 Å². The van der Waals surface area contributed by atoms with Gasteiger partial charge < -0.3 is 10.4 Å². The summed E-state index contributed by atoms with van der Waals surface area (Å²) in [4.78, 5) is 0. The highest BCUT2D eigenvalue weighted by molar-refractivity contribution is 5.27. The number of aromatic hydroxyl groups is 1. The Balaban J connectivity index is 1.69. The molecule has 2 nitrogen and oxygen atoms in total. The first kappa shape index (κ1) is 14.4. The van der Waals surface area contributed by atoms with Crippen molar-refractivity contribution in [2.75, 3.05) is 6.54 Å². The second-order valence-corrected chi connectivity index (χ2v) is 6.18. The van der Waals surface area contributed by atoms with Crippen LogP contribution in [-0.4, -0.2) is 11.7 Å². The van der Waals surface area contributed by atoms with Gasteiger partial charge in [-0.15, -0.1) is 0 Å². The van der Waals surface area contributed by atoms with Gasteiger partial charge in [0.15, 0.2) is 0 Å². The summed E-state index contributed by atoms with van der Waals surface area (Å²) >= 11 is 0. The lowest BCUT2D eigenvalue weighted by molar-refractivity contribution is 0.273. The summed E-state index contributed by atoms with van der Waals surface area (Å²) in [5.41, 5.74) is 1.25. The molecule has 1 fully saturated rings. The zero-order valence-electron chi connectivity index (χ0n) is 12.2. The Morgan fingerprint density at radius 1 is 1.16 bits per heavy atom. The van der Waals surface area contributed by atoms with Crippen molar-refractivity contribution in [3.63, 3.8) is 0 Å². The van der Waals surface area contributed by atoms with Gasteiger partial charge in [0.05, 0.1) is 0 Å². The summed E-state index contributed by atoms with van der Waals surface area (Å²) in [6, 6.07) is 7.87. The maximum Gasteiger partial charge on any atom is 0.115 e. The summed E-state index contributed by atoms with van der Waals surface area (Å²) in [7, 11) is 0. The molecule has 0 radical (unpaired) electrons. The molecule has 0 spiro atoms. The molecule has 0 heterocycles. The van der Waals surface area contributed by atoms with E-state index in [0.29, 0.717) is 11.8 Å². The fourth-order valence-electron chi connectivity index (χ4n) is 3.00. The van der Waals surface area contributed by atoms with Crippen LogP contribution >= 0.6 is 0 Å². The highest BCUT2D eigenvalue weighted by Crippen LogP contribution is 2.30. The Morgan fingerprint density at radius 2 is 1.79 bits per heavy atom. The van der Waals surface area contributed by atoms with Crippen LogP contribution < -0.4 is 5.32 Å². The third-order valence-corrected chi connectivity index (χ3v) is 4.53. The number of nitrogens with one attached hydrogen (secondary N) is 1. The van der Waals surface area contributed by atoms with Crippen molar-refractivity contribution in [1.29, 1.82) is 0 Å². The maximum absolute atomic E-state index is 9.29. The molecule has 2 rings (SSSR count). The van der Waals surface area contributed by atoms with Gasteiger partial charge in [-0.2, -0.15) is 0 Å². The van der Waals surface area contributed by atoms with Gasteiger partial charge in [0.1, 0.15) is 5.75 Å². The van der Waals surface area contributed by atoms with Crippen LogP contribution in [0.5, 0.6) is 5.75 Å². The van der Waals surface area contributed by atoms with Crippen molar-refractivity contribution in [3.05, 3.63) is 29.8 Å². The number of hydrogen-bond donors (Lipinski definition) is 2. The van der Waals surface area contributed by atoms with E-state index in [4.69, 9.17) is 0 Å². The van der Waals surface area contributed by atoms with E-state index >= 15 is 0 Å². The summed E-state index contributed by atoms with van der Waals surface area (Å²) in [6.07, 6.45) is 6.96. The molecule has 19 heavy (non-hydrogen) atoms. The van der Waals surface area contributed by atoms with Gasteiger partial charge in [-0.25, -0.2) is 0 Å². The van der Waals surface area contributed by atoms with Gasteiger partial charge in [-0.1, -0.05) is 44.7 Å². The number of phenols is 1. The van der Waals surface area contributed by atoms with E-state index in [1.54, 1.807) is 12.1 Å². The van der Waals surface area contributed by atoms with Crippen LogP contribution in [0.4, 0.5) is 0 Å². The Labute approximate surface area is 117 Å². The van der Waals surface area contributed by atoms with Gasteiger partial charge in [-0.05, 0) is 49.4 Å². The smallest absolute Gasteiger partial charge is 0.115 e. The van der Waals surface area contributed by atoms with Crippen molar-refractivity contribution in [2.24, 2.45) is 11.8 Å². The standard InChI is InChI=1S/C17H27NO/c1-13-3-5-15(6-4-13)11-12-18-14(2)16-7-9-17(19)10-8-16/h7-10,13-15,18-19H,3-6,11-12H2,1-2H3. The first-order chi connectivity index (χ1) is 9.15. The molecular weight excluding hydrogens is 234 g/mol. The molecule has 1 aromatic rings. The lowest BCUT2D eigenvalue weighted by atomic mass is 9.81. The highest BCUT2D eigenvalue weighted by Gasteiger charge is 2.17. The predicted octanol–water partition coefficient (Wildman–Crippen LogP) is 4.26. The minimum atomic E-state index is 0.340. The van der Waals surface area contributed by atoms with Gasteiger partial charge in [0.25, 0.3) is 0 Å². The van der Waals surface area contributed by atoms with Crippen molar-refractivity contribution in [3.8, 4) is 5.75 Å². The molecule has 1 unspecified atom stereocenters. The number of hydrogen-bond acceptors (Lipinski definition) is 2. The first-order valence-electron chi connectivity index (χ1n) is 7.67. The predicted molar refractivity (Wildman–Crippen MR) is 80.3 cm³/mol. The third kappa shape index (κ3) is 4.54. The van der Waals surface area contributed by atoms with Crippen LogP contribution in [0, 0.1) is 11.8 Å². The fraction of sp³-hybridized carbons (Fsp3) is 0.647. The van der Waals surface area contributed by atoms with Gasteiger partial charge in [-0.3, -0.25) is 0 Å². The Bertz CT molecular complexity index is 365. The fourth-order valence-corrected chi connectivity index (χ4v) is 3.00. The zero-order chi connectivity index (χ0) is 13.7. The number of rotatable bonds is 5. The average molecular weight is 261 g/mol. The van der Waals surface area contributed by atoms with Crippen LogP contribution in [0.15, 0.2) is 24.3 Å². The number of benzene rings is 1. The van der Waals surface area contributed by atoms with Crippen LogP contribution in [0.1, 0.15) is 57.6 Å². The van der Waals surface area contributed by atoms with Crippen LogP contribution in [-0.2, 0) is 0 Å². The van der Waals surface area contributed by atoms with Crippen molar-refractivity contribution in [2.45, 2.75) is 52.0 Å². The van der Waals surface area contributed by atoms with E-state index in [-0.39, 0.29) is 0 Å². The minimum Gasteiger partial charge on any atom is -0.508 e. The van der Waals surface area contributed by atoms with E-state index in [1.165, 1.54) is 37.7 Å². The molecule has 1 atom stereocenters. The normalized spacial score (nSPS) is 25.2. The summed E-state index contributed by atoms with van der Waals surface area (Å²) in [5.74, 6) is 2.21. The van der Waals surface area contributed by atoms with E-state index in [1.807, 2.05) is 12.1 Å². The quantitative estimate of drug-likeness (QED) is 0.830. The van der Waals surface area contributed by atoms with Gasteiger partial charge >= 0.3 is 0 Å². The largest absolute Gasteiger partial charge is 0.508 e. The molecule has 0 bridgehead atoms. The monoisotopic (exact) mass is 261 g/mol. The third-order valence-electron chi connectivity index (χ3n) is 4.53. The van der Waals surface area contributed by atoms with E-state index in [2.05, 4.69) is 19.2 Å². The van der Waals surface area contributed by atoms with Crippen LogP contribution in [0.25, 0.3) is 0 Å². The number of phenolic OH excluding ortho intramolecular Hbond substituents is 1. The summed E-state index contributed by atoms with van der Waals surface area (Å²) < 4.78 is 0. The molecule has 106 valence electrons. The molecule has 1 aliphatic rings. The molecule has 0 saturated heterocycles. The zero-order valence-corrected chi connectivity index (χ0v) is 12.2. The Kier molecular flexibility index (Phi) is 5.26. The molecule has 1 aromatic carbocycles. The molecule has 1 aliphatic carbocycles. The van der Waals surface area contributed by atoms with Gasteiger partial charge in [0, 0.05) is 6.04 Å². The molecule has 2 heteroatoms. The first-order valence-corrected chi connectivity index (χ1v) is 7.67. The lowest BCUT2D eigenvalue weighted by Crippen LogP contribution is -2.23. The Hall–Kier alpha value is -1.02. The van der Waals surface area contributed by atoms with E-state index < -0.39 is 0 Å². The average Bonchev–Trinajstić information content (AvgIpc) is 2.41. The highest BCUT2D eigenvalue weighted by atomic mass is 16.3. The SMILES string of the molecule is CC1CCC(CCNC(C)c2ccc(O)cc2)CC1. The van der Waals surface area contributed by atoms with E-state index in [9.17, 15) is 5.11 Å². The molecule has 2 N–H and O–H groups in total. The van der Waals surface area contributed by atoms with Crippen LogP contribution in [0.2, 0.25) is 0 Å². The van der Waals surface area contributed by atoms with Crippen molar-refractivity contribution in [1.82, 2.24) is 5.32 Å². The topological polar surface area (TPSA) is 32.3 Å². The summed E-state index contributed by atoms with van der Waals surface area (Å²) in [5, 5.41) is 12.9.